The molecule has 0 aromatic carbocycles. The highest BCUT2D eigenvalue weighted by molar-refractivity contribution is 9.11. The van der Waals surface area contributed by atoms with Crippen LogP contribution in [0.2, 0.25) is 0 Å². The van der Waals surface area contributed by atoms with E-state index in [1.54, 1.807) is 0 Å². The Kier molecular flexibility index (Phi) is 5.13. The van der Waals surface area contributed by atoms with Crippen LogP contribution in [0.15, 0.2) is 15.9 Å². The molecule has 1 N–H and O–H groups in total. The molecule has 1 heterocycles. The molecule has 2 atom stereocenters. The van der Waals surface area contributed by atoms with Gasteiger partial charge >= 0.3 is 0 Å². The Bertz CT molecular complexity index is 272. The number of halogens is 1. The van der Waals surface area contributed by atoms with Crippen LogP contribution in [-0.2, 0) is 6.42 Å². The number of likely N-dealkylation sites (N-methyl/N-ethyl adjacent to an activating group) is 1. The topological polar surface area (TPSA) is 12.0 Å². The van der Waals surface area contributed by atoms with Crippen LogP contribution in [0.1, 0.15) is 25.1 Å². The molecule has 1 rings (SSSR count). The lowest BCUT2D eigenvalue weighted by atomic mass is 9.96. The molecule has 0 bridgehead atoms. The maximum absolute atomic E-state index is 3.50. The molecule has 14 heavy (non-hydrogen) atoms. The second kappa shape index (κ2) is 5.89. The molecule has 1 aromatic heterocycles. The summed E-state index contributed by atoms with van der Waals surface area (Å²) in [5, 5.41) is 3.40. The molecule has 0 spiro atoms. The summed E-state index contributed by atoms with van der Waals surface area (Å²) < 4.78 is 1.23. The second-order valence-corrected chi connectivity index (χ2v) is 6.24. The van der Waals surface area contributed by atoms with Gasteiger partial charge in [-0.3, -0.25) is 0 Å². The predicted octanol–water partition coefficient (Wildman–Crippen LogP) is 3.69. The molecule has 1 aromatic rings. The van der Waals surface area contributed by atoms with Crippen LogP contribution in [0.25, 0.3) is 0 Å². The van der Waals surface area contributed by atoms with Crippen LogP contribution >= 0.6 is 27.3 Å². The van der Waals surface area contributed by atoms with Crippen LogP contribution in [0.3, 0.4) is 0 Å². The van der Waals surface area contributed by atoms with Gasteiger partial charge in [-0.2, -0.15) is 0 Å². The van der Waals surface area contributed by atoms with E-state index in [0.717, 1.165) is 12.3 Å². The first kappa shape index (κ1) is 12.2. The van der Waals surface area contributed by atoms with E-state index >= 15 is 0 Å². The number of nitrogens with one attached hydrogen (secondary N) is 1. The average molecular weight is 276 g/mol. The minimum Gasteiger partial charge on any atom is -0.316 e. The van der Waals surface area contributed by atoms with E-state index in [1.165, 1.54) is 15.1 Å². The zero-order chi connectivity index (χ0) is 10.6. The smallest absolute Gasteiger partial charge is 0.0701 e. The van der Waals surface area contributed by atoms with Crippen molar-refractivity contribution in [3.8, 4) is 0 Å². The van der Waals surface area contributed by atoms with Gasteiger partial charge in [0.15, 0.2) is 0 Å². The lowest BCUT2D eigenvalue weighted by Crippen LogP contribution is -2.33. The van der Waals surface area contributed by atoms with Gasteiger partial charge in [-0.15, -0.1) is 11.3 Å². The predicted molar refractivity (Wildman–Crippen MR) is 68.0 cm³/mol. The third-order valence-corrected chi connectivity index (χ3v) is 4.40. The molecular formula is C11H18BrNS. The molecule has 3 heteroatoms. The fourth-order valence-corrected chi connectivity index (χ4v) is 3.09. The first-order chi connectivity index (χ1) is 6.67. The summed E-state index contributed by atoms with van der Waals surface area (Å²) in [7, 11) is 2.06. The maximum atomic E-state index is 3.50. The third kappa shape index (κ3) is 3.37. The van der Waals surface area contributed by atoms with Gasteiger partial charge in [0.1, 0.15) is 0 Å². The summed E-state index contributed by atoms with van der Waals surface area (Å²) in [4.78, 5) is 1.46. The number of hydrogen-bond donors (Lipinski definition) is 1. The van der Waals surface area contributed by atoms with Gasteiger partial charge < -0.3 is 5.32 Å². The van der Waals surface area contributed by atoms with Gasteiger partial charge in [-0.05, 0) is 47.4 Å². The lowest BCUT2D eigenvalue weighted by Gasteiger charge is -2.21. The number of hydrogen-bond acceptors (Lipinski definition) is 2. The number of rotatable bonds is 5. The Morgan fingerprint density at radius 3 is 2.64 bits per heavy atom. The molecule has 2 unspecified atom stereocenters. The van der Waals surface area contributed by atoms with E-state index in [-0.39, 0.29) is 0 Å². The molecule has 1 nitrogen and oxygen atoms in total. The van der Waals surface area contributed by atoms with Gasteiger partial charge in [0, 0.05) is 10.9 Å². The highest BCUT2D eigenvalue weighted by Gasteiger charge is 2.14. The largest absolute Gasteiger partial charge is 0.316 e. The third-order valence-electron chi connectivity index (χ3n) is 2.75. The van der Waals surface area contributed by atoms with Crippen LogP contribution in [0, 0.1) is 5.92 Å². The van der Waals surface area contributed by atoms with Crippen LogP contribution in [0.4, 0.5) is 0 Å². The highest BCUT2D eigenvalue weighted by Crippen LogP contribution is 2.24. The monoisotopic (exact) mass is 275 g/mol. The van der Waals surface area contributed by atoms with E-state index in [1.807, 2.05) is 11.3 Å². The molecule has 0 fully saturated rings. The van der Waals surface area contributed by atoms with E-state index in [4.69, 9.17) is 0 Å². The van der Waals surface area contributed by atoms with Crippen molar-refractivity contribution in [1.29, 1.82) is 0 Å². The Hall–Kier alpha value is 0.140. The molecule has 80 valence electrons. The van der Waals surface area contributed by atoms with E-state index in [9.17, 15) is 0 Å². The van der Waals surface area contributed by atoms with Crippen LogP contribution < -0.4 is 5.32 Å². The first-order valence-electron chi connectivity index (χ1n) is 5.08. The van der Waals surface area contributed by atoms with Crippen molar-refractivity contribution in [3.63, 3.8) is 0 Å². The Labute approximate surface area is 99.0 Å². The Balaban J connectivity index is 2.56. The fourth-order valence-electron chi connectivity index (χ4n) is 1.55. The minimum atomic E-state index is 0.602. The maximum Gasteiger partial charge on any atom is 0.0701 e. The first-order valence-corrected chi connectivity index (χ1v) is 6.69. The van der Waals surface area contributed by atoms with E-state index < -0.39 is 0 Å². The number of thiophene rings is 1. The van der Waals surface area contributed by atoms with Gasteiger partial charge in [0.2, 0.25) is 0 Å². The summed E-state index contributed by atoms with van der Waals surface area (Å²) in [5.41, 5.74) is 0. The van der Waals surface area contributed by atoms with Gasteiger partial charge in [-0.25, -0.2) is 0 Å². The van der Waals surface area contributed by atoms with Crippen molar-refractivity contribution in [2.45, 2.75) is 32.7 Å². The molecule has 0 radical (unpaired) electrons. The highest BCUT2D eigenvalue weighted by atomic mass is 79.9. The van der Waals surface area contributed by atoms with Gasteiger partial charge in [-0.1, -0.05) is 20.3 Å². The fraction of sp³-hybridized carbons (Fsp3) is 0.636. The average Bonchev–Trinajstić information content (AvgIpc) is 2.59. The molecule has 0 saturated heterocycles. The summed E-state index contributed by atoms with van der Waals surface area (Å²) in [5.74, 6) is 0.737. The quantitative estimate of drug-likeness (QED) is 0.865. The summed E-state index contributed by atoms with van der Waals surface area (Å²) in [6.07, 6.45) is 2.37. The lowest BCUT2D eigenvalue weighted by molar-refractivity contribution is 0.388. The SMILES string of the molecule is CCC(C)C(Cc1ccc(Br)s1)NC. The van der Waals surface area contributed by atoms with Crippen molar-refractivity contribution in [2.24, 2.45) is 5.92 Å². The second-order valence-electron chi connectivity index (χ2n) is 3.69. The molecule has 0 saturated carbocycles. The minimum absolute atomic E-state index is 0.602. The van der Waals surface area contributed by atoms with Crippen LogP contribution in [0.5, 0.6) is 0 Å². The van der Waals surface area contributed by atoms with E-state index in [2.05, 4.69) is 54.3 Å². The van der Waals surface area contributed by atoms with Crippen molar-refractivity contribution in [3.05, 3.63) is 20.8 Å². The Morgan fingerprint density at radius 2 is 2.21 bits per heavy atom. The Morgan fingerprint density at radius 1 is 1.50 bits per heavy atom. The normalized spacial score (nSPS) is 15.4. The summed E-state index contributed by atoms with van der Waals surface area (Å²) in [6.45, 7) is 4.56. The zero-order valence-corrected chi connectivity index (χ0v) is 11.4. The van der Waals surface area contributed by atoms with Gasteiger partial charge in [0.05, 0.1) is 3.79 Å². The summed E-state index contributed by atoms with van der Waals surface area (Å²) >= 11 is 5.33. The molecule has 0 aliphatic heterocycles. The van der Waals surface area contributed by atoms with E-state index in [0.29, 0.717) is 6.04 Å². The van der Waals surface area contributed by atoms with Crippen molar-refractivity contribution >= 4 is 27.3 Å². The van der Waals surface area contributed by atoms with Crippen molar-refractivity contribution in [2.75, 3.05) is 7.05 Å². The van der Waals surface area contributed by atoms with Crippen molar-refractivity contribution < 1.29 is 0 Å². The zero-order valence-electron chi connectivity index (χ0n) is 9.01. The molecule has 0 aliphatic carbocycles. The molecule has 0 amide bonds. The standard InChI is InChI=1S/C11H18BrNS/c1-4-8(2)10(13-3)7-9-5-6-11(12)14-9/h5-6,8,10,13H,4,7H2,1-3H3. The molecule has 0 aliphatic rings. The van der Waals surface area contributed by atoms with Crippen molar-refractivity contribution in [1.82, 2.24) is 5.32 Å². The molecular weight excluding hydrogens is 258 g/mol. The summed E-state index contributed by atoms with van der Waals surface area (Å²) in [6, 6.07) is 4.94. The van der Waals surface area contributed by atoms with Crippen LogP contribution in [-0.4, -0.2) is 13.1 Å². The van der Waals surface area contributed by atoms with Gasteiger partial charge in [0.25, 0.3) is 0 Å².